The van der Waals surface area contributed by atoms with Crippen LogP contribution in [0.15, 0.2) is 73.4 Å². The lowest BCUT2D eigenvalue weighted by Crippen LogP contribution is -2.29. The average Bonchev–Trinajstić information content (AvgIpc) is 3.41. The molecule has 0 atom stereocenters. The summed E-state index contributed by atoms with van der Waals surface area (Å²) in [5.41, 5.74) is 5.07. The molecule has 1 saturated heterocycles. The average molecular weight is 558 g/mol. The highest BCUT2D eigenvalue weighted by Gasteiger charge is 2.17. The SMILES string of the molecule is Cl.Cl.Fc1ccc(Cl)cc1-c1cc(-c2cncc(-c3cnn(C4CCNCC4)c3)c2)c2cccnc2n1. The summed E-state index contributed by atoms with van der Waals surface area (Å²) in [5.74, 6) is -0.389. The minimum Gasteiger partial charge on any atom is -0.317 e. The number of nitrogens with one attached hydrogen (secondary N) is 1. The van der Waals surface area contributed by atoms with E-state index in [-0.39, 0.29) is 30.6 Å². The monoisotopic (exact) mass is 556 g/mol. The second-order valence-electron chi connectivity index (χ2n) is 8.71. The Morgan fingerprint density at radius 2 is 1.73 bits per heavy atom. The van der Waals surface area contributed by atoms with Crippen LogP contribution in [0.5, 0.6) is 0 Å². The third-order valence-corrected chi connectivity index (χ3v) is 6.69. The van der Waals surface area contributed by atoms with Crippen molar-refractivity contribution >= 4 is 47.4 Å². The van der Waals surface area contributed by atoms with Gasteiger partial charge in [-0.25, -0.2) is 14.4 Å². The van der Waals surface area contributed by atoms with Gasteiger partial charge in [-0.3, -0.25) is 9.67 Å². The lowest BCUT2D eigenvalue weighted by atomic mass is 9.99. The van der Waals surface area contributed by atoms with Gasteiger partial charge in [-0.2, -0.15) is 5.10 Å². The Balaban J connectivity index is 0.00000160. The van der Waals surface area contributed by atoms with Crippen LogP contribution in [-0.2, 0) is 0 Å². The highest BCUT2D eigenvalue weighted by Crippen LogP contribution is 2.34. The molecule has 1 aromatic carbocycles. The van der Waals surface area contributed by atoms with E-state index in [9.17, 15) is 4.39 Å². The maximum atomic E-state index is 14.7. The van der Waals surface area contributed by atoms with Gasteiger partial charge in [0.05, 0.1) is 17.9 Å². The number of pyridine rings is 3. The van der Waals surface area contributed by atoms with Crippen molar-refractivity contribution in [1.29, 1.82) is 0 Å². The fraction of sp³-hybridized carbons (Fsp3) is 0.185. The van der Waals surface area contributed by atoms with Gasteiger partial charge in [-0.05, 0) is 74.0 Å². The summed E-state index contributed by atoms with van der Waals surface area (Å²) < 4.78 is 16.8. The predicted molar refractivity (Wildman–Crippen MR) is 150 cm³/mol. The Morgan fingerprint density at radius 3 is 2.57 bits per heavy atom. The van der Waals surface area contributed by atoms with Crippen molar-refractivity contribution < 1.29 is 4.39 Å². The smallest absolute Gasteiger partial charge is 0.160 e. The Bertz CT molecular complexity index is 1530. The van der Waals surface area contributed by atoms with Gasteiger partial charge in [0, 0.05) is 57.5 Å². The first-order chi connectivity index (χ1) is 17.2. The van der Waals surface area contributed by atoms with Crippen molar-refractivity contribution in [2.45, 2.75) is 18.9 Å². The van der Waals surface area contributed by atoms with Crippen molar-refractivity contribution in [3.8, 4) is 33.5 Å². The molecule has 0 aliphatic carbocycles. The summed E-state index contributed by atoms with van der Waals surface area (Å²) in [6.45, 7) is 2.02. The van der Waals surface area contributed by atoms with Crippen molar-refractivity contribution in [3.05, 3.63) is 84.3 Å². The largest absolute Gasteiger partial charge is 0.317 e. The van der Waals surface area contributed by atoms with E-state index in [2.05, 4.69) is 42.3 Å². The molecule has 37 heavy (non-hydrogen) atoms. The molecule has 190 valence electrons. The van der Waals surface area contributed by atoms with Crippen LogP contribution in [0.2, 0.25) is 5.02 Å². The van der Waals surface area contributed by atoms with E-state index in [0.717, 1.165) is 53.6 Å². The third kappa shape index (κ3) is 5.45. The zero-order chi connectivity index (χ0) is 23.8. The van der Waals surface area contributed by atoms with E-state index >= 15 is 0 Å². The highest BCUT2D eigenvalue weighted by molar-refractivity contribution is 6.30. The number of piperidine rings is 1. The van der Waals surface area contributed by atoms with Crippen LogP contribution in [0.1, 0.15) is 18.9 Å². The normalized spacial score (nSPS) is 13.7. The minimum atomic E-state index is -0.389. The van der Waals surface area contributed by atoms with Crippen molar-refractivity contribution in [2.75, 3.05) is 13.1 Å². The lowest BCUT2D eigenvalue weighted by Gasteiger charge is -2.22. The molecule has 1 aliphatic rings. The summed E-state index contributed by atoms with van der Waals surface area (Å²) >= 11 is 6.16. The fourth-order valence-electron chi connectivity index (χ4n) is 4.63. The molecule has 0 amide bonds. The van der Waals surface area contributed by atoms with Gasteiger partial charge < -0.3 is 5.32 Å². The van der Waals surface area contributed by atoms with E-state index in [1.165, 1.54) is 12.1 Å². The molecule has 1 N–H and O–H groups in total. The maximum absolute atomic E-state index is 14.7. The Hall–Kier alpha value is -3.10. The number of halogens is 4. The molecule has 0 bridgehead atoms. The molecule has 1 fully saturated rings. The molecule has 0 spiro atoms. The molecular formula is C27H24Cl3FN6. The van der Waals surface area contributed by atoms with Gasteiger partial charge in [0.2, 0.25) is 0 Å². The van der Waals surface area contributed by atoms with Crippen LogP contribution in [0, 0.1) is 5.82 Å². The predicted octanol–water partition coefficient (Wildman–Crippen LogP) is 6.78. The molecule has 0 unspecified atom stereocenters. The lowest BCUT2D eigenvalue weighted by molar-refractivity contribution is 0.343. The first-order valence-electron chi connectivity index (χ1n) is 11.6. The number of rotatable bonds is 4. The topological polar surface area (TPSA) is 68.5 Å². The van der Waals surface area contributed by atoms with Gasteiger partial charge in [0.1, 0.15) is 5.82 Å². The molecule has 10 heteroatoms. The Kier molecular flexibility index (Phi) is 8.39. The standard InChI is InChI=1S/C27H22ClFN6.2ClH/c28-20-3-4-25(29)24(11-20)26-12-23(22-2-1-7-32-27(22)34-26)18-10-17(13-31-14-18)19-15-33-35(16-19)21-5-8-30-9-6-21;;/h1-4,7,10-16,21,30H,5-6,8-9H2;2*1H. The van der Waals surface area contributed by atoms with E-state index in [1.54, 1.807) is 18.5 Å². The Labute approximate surface area is 231 Å². The van der Waals surface area contributed by atoms with Crippen molar-refractivity contribution in [3.63, 3.8) is 0 Å². The number of aromatic nitrogens is 5. The first kappa shape index (κ1) is 26.9. The first-order valence-corrected chi connectivity index (χ1v) is 12.0. The molecule has 1 aliphatic heterocycles. The quantitative estimate of drug-likeness (QED) is 0.264. The summed E-state index contributed by atoms with van der Waals surface area (Å²) in [6, 6.07) is 12.7. The highest BCUT2D eigenvalue weighted by atomic mass is 35.5. The fourth-order valence-corrected chi connectivity index (χ4v) is 4.80. The number of nitrogens with zero attached hydrogens (tertiary/aromatic N) is 5. The molecular weight excluding hydrogens is 534 g/mol. The van der Waals surface area contributed by atoms with E-state index < -0.39 is 0 Å². The van der Waals surface area contributed by atoms with E-state index in [4.69, 9.17) is 11.6 Å². The van der Waals surface area contributed by atoms with Crippen LogP contribution in [0.3, 0.4) is 0 Å². The molecule has 0 saturated carbocycles. The summed E-state index contributed by atoms with van der Waals surface area (Å²) in [4.78, 5) is 13.6. The number of fused-ring (bicyclic) bond motifs is 1. The van der Waals surface area contributed by atoms with Gasteiger partial charge >= 0.3 is 0 Å². The van der Waals surface area contributed by atoms with Gasteiger partial charge in [-0.15, -0.1) is 24.8 Å². The van der Waals surface area contributed by atoms with Gasteiger partial charge in [0.15, 0.2) is 5.65 Å². The zero-order valence-corrected chi connectivity index (χ0v) is 22.0. The second-order valence-corrected chi connectivity index (χ2v) is 9.14. The molecule has 5 aromatic rings. The van der Waals surface area contributed by atoms with Crippen LogP contribution >= 0.6 is 36.4 Å². The summed E-state index contributed by atoms with van der Waals surface area (Å²) in [6.07, 6.45) is 11.4. The minimum absolute atomic E-state index is 0. The zero-order valence-electron chi connectivity index (χ0n) is 19.6. The van der Waals surface area contributed by atoms with Crippen LogP contribution in [0.25, 0.3) is 44.5 Å². The van der Waals surface area contributed by atoms with Crippen molar-refractivity contribution in [2.24, 2.45) is 0 Å². The number of benzene rings is 1. The van der Waals surface area contributed by atoms with Crippen molar-refractivity contribution in [1.82, 2.24) is 30.0 Å². The van der Waals surface area contributed by atoms with Gasteiger partial charge in [-0.1, -0.05) is 11.6 Å². The Morgan fingerprint density at radius 1 is 0.919 bits per heavy atom. The number of hydrogen-bond acceptors (Lipinski definition) is 5. The van der Waals surface area contributed by atoms with Crippen LogP contribution < -0.4 is 5.32 Å². The molecule has 6 rings (SSSR count). The van der Waals surface area contributed by atoms with Crippen LogP contribution in [0.4, 0.5) is 4.39 Å². The van der Waals surface area contributed by atoms with E-state index in [1.807, 2.05) is 30.6 Å². The molecule has 0 radical (unpaired) electrons. The van der Waals surface area contributed by atoms with E-state index in [0.29, 0.717) is 28.0 Å². The summed E-state index contributed by atoms with van der Waals surface area (Å²) in [5, 5.41) is 9.33. The molecule has 5 heterocycles. The maximum Gasteiger partial charge on any atom is 0.160 e. The third-order valence-electron chi connectivity index (χ3n) is 6.46. The molecule has 4 aromatic heterocycles. The van der Waals surface area contributed by atoms with Crippen LogP contribution in [-0.4, -0.2) is 37.8 Å². The second kappa shape index (κ2) is 11.5. The van der Waals surface area contributed by atoms with Gasteiger partial charge in [0.25, 0.3) is 0 Å². The molecule has 6 nitrogen and oxygen atoms in total. The number of hydrogen-bond donors (Lipinski definition) is 1. The summed E-state index contributed by atoms with van der Waals surface area (Å²) in [7, 11) is 0.